The average molecular weight is 229 g/mol. The summed E-state index contributed by atoms with van der Waals surface area (Å²) in [5.74, 6) is 0.408. The van der Waals surface area contributed by atoms with E-state index in [1.807, 2.05) is 11.8 Å². The summed E-state index contributed by atoms with van der Waals surface area (Å²) in [4.78, 5) is 14.0. The van der Waals surface area contributed by atoms with Gasteiger partial charge >= 0.3 is 0 Å². The third-order valence-corrected chi connectivity index (χ3v) is 3.84. The first-order valence-corrected chi connectivity index (χ1v) is 6.18. The lowest BCUT2D eigenvalue weighted by atomic mass is 9.95. The van der Waals surface area contributed by atoms with E-state index in [1.54, 1.807) is 0 Å². The molecule has 2 rings (SSSR count). The van der Waals surface area contributed by atoms with Gasteiger partial charge in [0, 0.05) is 19.7 Å². The number of hydrogen-bond donors (Lipinski definition) is 0. The van der Waals surface area contributed by atoms with E-state index in [0.717, 1.165) is 32.4 Å². The number of ether oxygens (including phenoxy) is 1. The van der Waals surface area contributed by atoms with Gasteiger partial charge in [0.05, 0.1) is 18.7 Å². The fraction of sp³-hybridized carbons (Fsp3) is 0.917. The van der Waals surface area contributed by atoms with Gasteiger partial charge in [-0.3, -0.25) is 9.18 Å². The van der Waals surface area contributed by atoms with Crippen LogP contribution < -0.4 is 0 Å². The van der Waals surface area contributed by atoms with Crippen molar-refractivity contribution in [1.29, 1.82) is 0 Å². The van der Waals surface area contributed by atoms with Crippen LogP contribution in [-0.4, -0.2) is 43.3 Å². The highest BCUT2D eigenvalue weighted by molar-refractivity contribution is 5.79. The molecule has 92 valence electrons. The highest BCUT2D eigenvalue weighted by Gasteiger charge is 2.35. The molecular weight excluding hydrogens is 209 g/mol. The Kier molecular flexibility index (Phi) is 3.79. The molecule has 16 heavy (non-hydrogen) atoms. The van der Waals surface area contributed by atoms with Crippen LogP contribution in [0.25, 0.3) is 0 Å². The van der Waals surface area contributed by atoms with Gasteiger partial charge in [0.2, 0.25) is 5.91 Å². The van der Waals surface area contributed by atoms with Gasteiger partial charge in [-0.25, -0.2) is 0 Å². The first-order chi connectivity index (χ1) is 7.72. The minimum atomic E-state index is -0.245. The van der Waals surface area contributed by atoms with Gasteiger partial charge in [-0.05, 0) is 32.1 Å². The number of amides is 1. The van der Waals surface area contributed by atoms with Crippen molar-refractivity contribution >= 4 is 5.91 Å². The maximum atomic E-state index is 12.4. The molecule has 2 aliphatic rings. The highest BCUT2D eigenvalue weighted by atomic mass is 19.1. The number of alkyl halides is 1. The van der Waals surface area contributed by atoms with Crippen LogP contribution in [0.2, 0.25) is 0 Å². The van der Waals surface area contributed by atoms with Crippen LogP contribution in [0.15, 0.2) is 0 Å². The zero-order valence-electron chi connectivity index (χ0n) is 9.82. The lowest BCUT2D eigenvalue weighted by molar-refractivity contribution is -0.138. The van der Waals surface area contributed by atoms with Crippen molar-refractivity contribution in [2.45, 2.75) is 32.3 Å². The number of piperidine rings is 1. The van der Waals surface area contributed by atoms with Crippen molar-refractivity contribution in [1.82, 2.24) is 4.90 Å². The van der Waals surface area contributed by atoms with E-state index < -0.39 is 0 Å². The number of nitrogens with zero attached hydrogens (tertiary/aromatic N) is 1. The third kappa shape index (κ3) is 2.37. The lowest BCUT2D eigenvalue weighted by Crippen LogP contribution is -2.43. The zero-order valence-corrected chi connectivity index (χ0v) is 9.82. The SMILES string of the molecule is CC1OCCC1C(=O)N1CCC(CF)CC1. The van der Waals surface area contributed by atoms with E-state index in [4.69, 9.17) is 4.74 Å². The molecule has 3 nitrogen and oxygen atoms in total. The Labute approximate surface area is 95.9 Å². The second-order valence-corrected chi connectivity index (χ2v) is 4.89. The molecule has 2 unspecified atom stereocenters. The summed E-state index contributed by atoms with van der Waals surface area (Å²) < 4.78 is 17.9. The number of likely N-dealkylation sites (tertiary alicyclic amines) is 1. The van der Waals surface area contributed by atoms with Gasteiger partial charge in [-0.15, -0.1) is 0 Å². The Morgan fingerprint density at radius 1 is 1.38 bits per heavy atom. The Hall–Kier alpha value is -0.640. The topological polar surface area (TPSA) is 29.5 Å². The quantitative estimate of drug-likeness (QED) is 0.720. The van der Waals surface area contributed by atoms with Gasteiger partial charge < -0.3 is 9.64 Å². The van der Waals surface area contributed by atoms with Gasteiger partial charge in [0.1, 0.15) is 0 Å². The van der Waals surface area contributed by atoms with Crippen LogP contribution >= 0.6 is 0 Å². The van der Waals surface area contributed by atoms with Crippen molar-refractivity contribution in [2.24, 2.45) is 11.8 Å². The van der Waals surface area contributed by atoms with Crippen LogP contribution in [0.3, 0.4) is 0 Å². The molecule has 1 amide bonds. The zero-order chi connectivity index (χ0) is 11.5. The summed E-state index contributed by atoms with van der Waals surface area (Å²) >= 11 is 0. The van der Waals surface area contributed by atoms with E-state index >= 15 is 0 Å². The first kappa shape index (κ1) is 11.8. The number of carbonyl (C=O) groups excluding carboxylic acids is 1. The number of halogens is 1. The molecule has 0 aromatic heterocycles. The Bertz CT molecular complexity index is 251. The van der Waals surface area contributed by atoms with Crippen molar-refractivity contribution in [3.05, 3.63) is 0 Å². The van der Waals surface area contributed by atoms with Crippen molar-refractivity contribution in [3.8, 4) is 0 Å². The van der Waals surface area contributed by atoms with Crippen molar-refractivity contribution < 1.29 is 13.9 Å². The van der Waals surface area contributed by atoms with Crippen LogP contribution in [0.5, 0.6) is 0 Å². The normalized spacial score (nSPS) is 32.0. The summed E-state index contributed by atoms with van der Waals surface area (Å²) in [5, 5.41) is 0. The largest absolute Gasteiger partial charge is 0.378 e. The Morgan fingerprint density at radius 2 is 2.06 bits per heavy atom. The van der Waals surface area contributed by atoms with Crippen molar-refractivity contribution in [2.75, 3.05) is 26.4 Å². The van der Waals surface area contributed by atoms with Crippen LogP contribution in [0, 0.1) is 11.8 Å². The molecule has 2 fully saturated rings. The molecule has 0 aliphatic carbocycles. The molecular formula is C12H20FNO2. The number of rotatable bonds is 2. The van der Waals surface area contributed by atoms with E-state index in [-0.39, 0.29) is 30.5 Å². The van der Waals surface area contributed by atoms with Gasteiger partial charge in [-0.2, -0.15) is 0 Å². The summed E-state index contributed by atoms with van der Waals surface area (Å²) in [5.41, 5.74) is 0. The molecule has 0 bridgehead atoms. The van der Waals surface area contributed by atoms with Gasteiger partial charge in [0.15, 0.2) is 0 Å². The molecule has 2 atom stereocenters. The van der Waals surface area contributed by atoms with Crippen molar-refractivity contribution in [3.63, 3.8) is 0 Å². The summed E-state index contributed by atoms with van der Waals surface area (Å²) in [6.45, 7) is 3.85. The van der Waals surface area contributed by atoms with Gasteiger partial charge in [0.25, 0.3) is 0 Å². The number of hydrogen-bond acceptors (Lipinski definition) is 2. The summed E-state index contributed by atoms with van der Waals surface area (Å²) in [7, 11) is 0. The monoisotopic (exact) mass is 229 g/mol. The van der Waals surface area contributed by atoms with Crippen LogP contribution in [0.1, 0.15) is 26.2 Å². The molecule has 0 aromatic carbocycles. The maximum absolute atomic E-state index is 12.4. The van der Waals surface area contributed by atoms with E-state index in [0.29, 0.717) is 6.61 Å². The summed E-state index contributed by atoms with van der Waals surface area (Å²) in [6, 6.07) is 0. The molecule has 2 aliphatic heterocycles. The summed E-state index contributed by atoms with van der Waals surface area (Å²) in [6.07, 6.45) is 2.50. The van der Waals surface area contributed by atoms with E-state index in [2.05, 4.69) is 0 Å². The Balaban J connectivity index is 1.86. The lowest BCUT2D eigenvalue weighted by Gasteiger charge is -2.33. The molecule has 4 heteroatoms. The predicted molar refractivity (Wildman–Crippen MR) is 58.8 cm³/mol. The maximum Gasteiger partial charge on any atom is 0.228 e. The molecule has 0 N–H and O–H groups in total. The molecule has 0 spiro atoms. The third-order valence-electron chi connectivity index (χ3n) is 3.84. The predicted octanol–water partition coefficient (Wildman–Crippen LogP) is 1.62. The average Bonchev–Trinajstić information content (AvgIpc) is 2.75. The Morgan fingerprint density at radius 3 is 2.56 bits per heavy atom. The first-order valence-electron chi connectivity index (χ1n) is 6.18. The highest BCUT2D eigenvalue weighted by Crippen LogP contribution is 2.25. The number of carbonyl (C=O) groups is 1. The second-order valence-electron chi connectivity index (χ2n) is 4.89. The standard InChI is InChI=1S/C12H20FNO2/c1-9-11(4-7-16-9)12(15)14-5-2-10(8-13)3-6-14/h9-11H,2-8H2,1H3. The van der Waals surface area contributed by atoms with E-state index in [1.165, 1.54) is 0 Å². The smallest absolute Gasteiger partial charge is 0.228 e. The fourth-order valence-electron chi connectivity index (χ4n) is 2.60. The molecule has 0 aromatic rings. The molecule has 2 saturated heterocycles. The minimum Gasteiger partial charge on any atom is -0.378 e. The second kappa shape index (κ2) is 5.13. The fourth-order valence-corrected chi connectivity index (χ4v) is 2.60. The van der Waals surface area contributed by atoms with Crippen LogP contribution in [0.4, 0.5) is 4.39 Å². The molecule has 0 radical (unpaired) electrons. The van der Waals surface area contributed by atoms with Crippen LogP contribution in [-0.2, 0) is 9.53 Å². The minimum absolute atomic E-state index is 0.0296. The molecule has 2 heterocycles. The van der Waals surface area contributed by atoms with E-state index in [9.17, 15) is 9.18 Å². The molecule has 0 saturated carbocycles. The van der Waals surface area contributed by atoms with Gasteiger partial charge in [-0.1, -0.05) is 0 Å².